The van der Waals surface area contributed by atoms with Crippen LogP contribution in [0.4, 0.5) is 0 Å². The van der Waals surface area contributed by atoms with E-state index in [0.29, 0.717) is 18.3 Å². The molecule has 16 heavy (non-hydrogen) atoms. The Morgan fingerprint density at radius 3 is 1.94 bits per heavy atom. The predicted molar refractivity (Wildman–Crippen MR) is 69.9 cm³/mol. The highest BCUT2D eigenvalue weighted by molar-refractivity contribution is 4.73. The van der Waals surface area contributed by atoms with Gasteiger partial charge < -0.3 is 9.47 Å². The molecule has 1 fully saturated rings. The highest BCUT2D eigenvalue weighted by Crippen LogP contribution is 2.24. The van der Waals surface area contributed by atoms with Gasteiger partial charge in [0.25, 0.3) is 0 Å². The predicted octanol–water partition coefficient (Wildman–Crippen LogP) is 4.18. The van der Waals surface area contributed by atoms with Crippen LogP contribution >= 0.6 is 0 Å². The zero-order valence-electron chi connectivity index (χ0n) is 11.8. The fraction of sp³-hybridized carbons (Fsp3) is 1.00. The number of hydrogen-bond acceptors (Lipinski definition) is 2. The van der Waals surface area contributed by atoms with Crippen molar-refractivity contribution in [2.75, 3.05) is 6.61 Å². The second kappa shape index (κ2) is 10.1. The van der Waals surface area contributed by atoms with Gasteiger partial charge in [0.05, 0.1) is 18.3 Å². The van der Waals surface area contributed by atoms with Gasteiger partial charge in [-0.25, -0.2) is 0 Å². The van der Waals surface area contributed by atoms with Crippen LogP contribution in [0.3, 0.4) is 0 Å². The van der Waals surface area contributed by atoms with Gasteiger partial charge in [0.15, 0.2) is 0 Å². The van der Waals surface area contributed by atoms with Crippen molar-refractivity contribution in [3.63, 3.8) is 0 Å². The van der Waals surface area contributed by atoms with Gasteiger partial charge in [0, 0.05) is 6.61 Å². The molecule has 1 aliphatic carbocycles. The molecule has 0 spiro atoms. The largest absolute Gasteiger partial charge is 0.378 e. The lowest BCUT2D eigenvalue weighted by Crippen LogP contribution is -2.28. The molecule has 1 aliphatic rings. The van der Waals surface area contributed by atoms with Crippen LogP contribution in [0.5, 0.6) is 0 Å². The molecular weight excluding hydrogens is 200 g/mol. The van der Waals surface area contributed by atoms with Crippen LogP contribution in [0.15, 0.2) is 0 Å². The minimum Gasteiger partial charge on any atom is -0.378 e. The van der Waals surface area contributed by atoms with Gasteiger partial charge in [-0.3, -0.25) is 0 Å². The summed E-state index contributed by atoms with van der Waals surface area (Å²) in [6.07, 6.45) is 7.18. The highest BCUT2D eigenvalue weighted by Gasteiger charge is 2.22. The van der Waals surface area contributed by atoms with Crippen molar-refractivity contribution in [1.82, 2.24) is 0 Å². The molecule has 2 nitrogen and oxygen atoms in total. The third-order valence-corrected chi connectivity index (χ3v) is 2.64. The van der Waals surface area contributed by atoms with Crippen molar-refractivity contribution < 1.29 is 9.47 Å². The molecule has 0 aliphatic heterocycles. The molecule has 0 heterocycles. The molecule has 98 valence electrons. The van der Waals surface area contributed by atoms with E-state index in [2.05, 4.69) is 20.8 Å². The number of rotatable bonds is 5. The lowest BCUT2D eigenvalue weighted by atomic mass is 9.95. The van der Waals surface area contributed by atoms with Crippen LogP contribution in [0, 0.1) is 0 Å². The summed E-state index contributed by atoms with van der Waals surface area (Å²) < 4.78 is 11.5. The molecule has 0 atom stereocenters. The van der Waals surface area contributed by atoms with Gasteiger partial charge in [0.2, 0.25) is 0 Å². The van der Waals surface area contributed by atoms with E-state index in [1.165, 1.54) is 25.7 Å². The Kier molecular flexibility index (Phi) is 10.0. The molecule has 0 saturated heterocycles. The van der Waals surface area contributed by atoms with Gasteiger partial charge in [0.1, 0.15) is 0 Å². The lowest BCUT2D eigenvalue weighted by Gasteiger charge is -2.29. The first-order chi connectivity index (χ1) is 7.72. The average molecular weight is 230 g/mol. The van der Waals surface area contributed by atoms with E-state index in [9.17, 15) is 0 Å². The summed E-state index contributed by atoms with van der Waals surface area (Å²) in [5.41, 5.74) is 0. The van der Waals surface area contributed by atoms with Gasteiger partial charge >= 0.3 is 0 Å². The minimum absolute atomic E-state index is 0.369. The van der Waals surface area contributed by atoms with Crippen molar-refractivity contribution in [2.45, 2.75) is 85.0 Å². The second-order valence-electron chi connectivity index (χ2n) is 4.45. The van der Waals surface area contributed by atoms with Crippen molar-refractivity contribution in [2.24, 2.45) is 0 Å². The third-order valence-electron chi connectivity index (χ3n) is 2.64. The normalized spacial score (nSPS) is 25.1. The van der Waals surface area contributed by atoms with E-state index in [1.54, 1.807) is 0 Å². The smallest absolute Gasteiger partial charge is 0.0580 e. The van der Waals surface area contributed by atoms with Crippen LogP contribution in [0.2, 0.25) is 0 Å². The summed E-state index contributed by atoms with van der Waals surface area (Å²) >= 11 is 0. The molecule has 1 rings (SSSR count). The van der Waals surface area contributed by atoms with Gasteiger partial charge in [-0.05, 0) is 46.0 Å². The van der Waals surface area contributed by atoms with E-state index in [-0.39, 0.29) is 0 Å². The van der Waals surface area contributed by atoms with Crippen molar-refractivity contribution in [3.8, 4) is 0 Å². The monoisotopic (exact) mass is 230 g/mol. The Morgan fingerprint density at radius 2 is 1.50 bits per heavy atom. The van der Waals surface area contributed by atoms with Gasteiger partial charge in [-0.15, -0.1) is 0 Å². The maximum absolute atomic E-state index is 5.79. The topological polar surface area (TPSA) is 18.5 Å². The van der Waals surface area contributed by atoms with Crippen LogP contribution in [-0.4, -0.2) is 24.9 Å². The molecule has 0 bridgehead atoms. The number of hydrogen-bond donors (Lipinski definition) is 0. The van der Waals surface area contributed by atoms with Crippen LogP contribution in [0.25, 0.3) is 0 Å². The SMILES string of the molecule is CC.CCCOC1CCC(OC(C)C)CC1. The zero-order chi connectivity index (χ0) is 12.4. The fourth-order valence-corrected chi connectivity index (χ4v) is 2.00. The molecule has 0 amide bonds. The third kappa shape index (κ3) is 7.24. The minimum atomic E-state index is 0.369. The summed E-state index contributed by atoms with van der Waals surface area (Å²) in [4.78, 5) is 0. The Morgan fingerprint density at radius 1 is 1.00 bits per heavy atom. The van der Waals surface area contributed by atoms with Crippen LogP contribution in [0.1, 0.15) is 66.7 Å². The molecule has 0 aromatic heterocycles. The average Bonchev–Trinajstić information content (AvgIpc) is 2.30. The summed E-state index contributed by atoms with van der Waals surface area (Å²) in [6.45, 7) is 11.3. The molecule has 0 radical (unpaired) electrons. The Balaban J connectivity index is 0.00000106. The summed E-state index contributed by atoms with van der Waals surface area (Å²) in [5.74, 6) is 0. The quantitative estimate of drug-likeness (QED) is 0.705. The summed E-state index contributed by atoms with van der Waals surface area (Å²) in [6, 6.07) is 0. The summed E-state index contributed by atoms with van der Waals surface area (Å²) in [7, 11) is 0. The van der Waals surface area contributed by atoms with Gasteiger partial charge in [-0.2, -0.15) is 0 Å². The Hall–Kier alpha value is -0.0800. The van der Waals surface area contributed by atoms with Crippen molar-refractivity contribution in [3.05, 3.63) is 0 Å². The summed E-state index contributed by atoms with van der Waals surface area (Å²) in [5, 5.41) is 0. The van der Waals surface area contributed by atoms with Crippen molar-refractivity contribution >= 4 is 0 Å². The maximum atomic E-state index is 5.79. The second-order valence-corrected chi connectivity index (χ2v) is 4.45. The zero-order valence-corrected chi connectivity index (χ0v) is 11.8. The fourth-order valence-electron chi connectivity index (χ4n) is 2.00. The first-order valence-corrected chi connectivity index (χ1v) is 6.99. The molecule has 0 aromatic carbocycles. The first kappa shape index (κ1) is 15.9. The molecular formula is C14H30O2. The molecule has 1 saturated carbocycles. The maximum Gasteiger partial charge on any atom is 0.0580 e. The van der Waals surface area contributed by atoms with Crippen molar-refractivity contribution in [1.29, 1.82) is 0 Å². The first-order valence-electron chi connectivity index (χ1n) is 6.99. The van der Waals surface area contributed by atoms with E-state index in [1.807, 2.05) is 13.8 Å². The molecule has 0 unspecified atom stereocenters. The highest BCUT2D eigenvalue weighted by atomic mass is 16.5. The Bertz CT molecular complexity index is 138. The van der Waals surface area contributed by atoms with E-state index >= 15 is 0 Å². The molecule has 0 aromatic rings. The molecule has 0 N–H and O–H groups in total. The standard InChI is InChI=1S/C12H24O2.C2H6/c1-4-9-13-11-5-7-12(8-6-11)14-10(2)3;1-2/h10-12H,4-9H2,1-3H3;1-2H3. The van der Waals surface area contributed by atoms with E-state index < -0.39 is 0 Å². The Labute approximate surface area is 102 Å². The number of ether oxygens (including phenoxy) is 2. The van der Waals surface area contributed by atoms with E-state index in [0.717, 1.165) is 13.0 Å². The lowest BCUT2D eigenvalue weighted by molar-refractivity contribution is -0.0512. The van der Waals surface area contributed by atoms with Gasteiger partial charge in [-0.1, -0.05) is 20.8 Å². The van der Waals surface area contributed by atoms with E-state index in [4.69, 9.17) is 9.47 Å². The molecule has 2 heteroatoms. The van der Waals surface area contributed by atoms with Crippen LogP contribution < -0.4 is 0 Å². The van der Waals surface area contributed by atoms with Crippen LogP contribution in [-0.2, 0) is 9.47 Å².